The third kappa shape index (κ3) is 4.09. The van der Waals surface area contributed by atoms with Gasteiger partial charge in [-0.25, -0.2) is 0 Å². The Balaban J connectivity index is 1.13. The molecule has 6 nitrogen and oxygen atoms in total. The van der Waals surface area contributed by atoms with Gasteiger partial charge in [0.2, 0.25) is 11.6 Å². The molecule has 1 aliphatic carbocycles. The third-order valence-corrected chi connectivity index (χ3v) is 6.63. The van der Waals surface area contributed by atoms with Crippen LogP contribution in [-0.4, -0.2) is 47.6 Å². The number of piperidine rings is 1. The average Bonchev–Trinajstić information content (AvgIpc) is 3.07. The molecule has 0 atom stereocenters. The van der Waals surface area contributed by atoms with Crippen LogP contribution in [0.4, 0.5) is 5.69 Å². The molecule has 5 rings (SSSR count). The van der Waals surface area contributed by atoms with Gasteiger partial charge in [-0.15, -0.1) is 0 Å². The summed E-state index contributed by atoms with van der Waals surface area (Å²) >= 11 is 6.08. The van der Waals surface area contributed by atoms with E-state index in [9.17, 15) is 0 Å². The van der Waals surface area contributed by atoms with Gasteiger partial charge in [0.25, 0.3) is 0 Å². The predicted octanol–water partition coefficient (Wildman–Crippen LogP) is 4.73. The lowest BCUT2D eigenvalue weighted by molar-refractivity contribution is -0.358. The highest BCUT2D eigenvalue weighted by molar-refractivity contribution is 6.31. The Morgan fingerprint density at radius 1 is 1.00 bits per heavy atom. The van der Waals surface area contributed by atoms with Crippen molar-refractivity contribution in [3.63, 3.8) is 0 Å². The first-order chi connectivity index (χ1) is 14.2. The maximum absolute atomic E-state index is 6.39. The summed E-state index contributed by atoms with van der Waals surface area (Å²) in [6.07, 6.45) is 9.02. The second-order valence-electron chi connectivity index (χ2n) is 8.44. The second-order valence-corrected chi connectivity index (χ2v) is 8.88. The van der Waals surface area contributed by atoms with Crippen molar-refractivity contribution in [3.05, 3.63) is 35.5 Å². The Morgan fingerprint density at radius 2 is 1.76 bits per heavy atom. The van der Waals surface area contributed by atoms with Gasteiger partial charge in [-0.3, -0.25) is 4.98 Å². The highest BCUT2D eigenvalue weighted by Gasteiger charge is 2.53. The molecule has 3 aliphatic rings. The fourth-order valence-electron chi connectivity index (χ4n) is 4.73. The molecule has 0 unspecified atom stereocenters. The smallest absolute Gasteiger partial charge is 0.207 e. The van der Waals surface area contributed by atoms with Gasteiger partial charge in [0.1, 0.15) is 0 Å². The molecule has 1 saturated carbocycles. The summed E-state index contributed by atoms with van der Waals surface area (Å²) in [7, 11) is 0. The number of likely N-dealkylation sites (tertiary alicyclic amines) is 1. The van der Waals surface area contributed by atoms with Crippen molar-refractivity contribution in [2.24, 2.45) is 0 Å². The number of pyridine rings is 1. The van der Waals surface area contributed by atoms with Gasteiger partial charge in [0, 0.05) is 74.2 Å². The molecule has 3 heterocycles. The van der Waals surface area contributed by atoms with Gasteiger partial charge in [-0.1, -0.05) is 18.0 Å². The molecule has 2 saturated heterocycles. The number of halogens is 1. The Morgan fingerprint density at radius 3 is 2.55 bits per heavy atom. The van der Waals surface area contributed by atoms with E-state index in [2.05, 4.69) is 15.2 Å². The van der Waals surface area contributed by atoms with Gasteiger partial charge in [0.15, 0.2) is 0 Å². The lowest BCUT2D eigenvalue weighted by Gasteiger charge is -2.37. The lowest BCUT2D eigenvalue weighted by atomic mass is 9.93. The topological polar surface area (TPSA) is 55.9 Å². The number of nitrogens with one attached hydrogen (secondary N) is 1. The van der Waals surface area contributed by atoms with E-state index >= 15 is 0 Å². The van der Waals surface area contributed by atoms with Crippen LogP contribution in [0.15, 0.2) is 30.5 Å². The number of ether oxygens (including phenoxy) is 1. The molecule has 1 N–H and O–H groups in total. The summed E-state index contributed by atoms with van der Waals surface area (Å²) in [6.45, 7) is 3.75. The lowest BCUT2D eigenvalue weighted by Crippen LogP contribution is -2.48. The molecule has 156 valence electrons. The van der Waals surface area contributed by atoms with E-state index < -0.39 is 11.6 Å². The number of fused-ring (bicyclic) bond motifs is 1. The summed E-state index contributed by atoms with van der Waals surface area (Å²) in [5.74, 6) is -1.02. The summed E-state index contributed by atoms with van der Waals surface area (Å²) in [6, 6.07) is 7.84. The first-order valence-electron chi connectivity index (χ1n) is 10.7. The van der Waals surface area contributed by atoms with Crippen molar-refractivity contribution in [2.75, 3.05) is 31.5 Å². The van der Waals surface area contributed by atoms with Crippen LogP contribution >= 0.6 is 11.6 Å². The zero-order valence-corrected chi connectivity index (χ0v) is 17.4. The number of benzene rings is 1. The molecule has 29 heavy (non-hydrogen) atoms. The minimum Gasteiger partial charge on any atom is -0.383 e. The number of nitrogens with zero attached hydrogens (tertiary/aromatic N) is 2. The quantitative estimate of drug-likeness (QED) is 0.725. The maximum atomic E-state index is 6.39. The summed E-state index contributed by atoms with van der Waals surface area (Å²) < 4.78 is 6.39. The second kappa shape index (κ2) is 8.00. The number of rotatable bonds is 4. The molecule has 2 aromatic rings. The molecule has 2 aliphatic heterocycles. The molecule has 3 fully saturated rings. The fourth-order valence-corrected chi connectivity index (χ4v) is 4.89. The van der Waals surface area contributed by atoms with Crippen LogP contribution in [-0.2, 0) is 14.5 Å². The normalized spacial score (nSPS) is 23.8. The number of hydrogen-bond donors (Lipinski definition) is 1. The first-order valence-corrected chi connectivity index (χ1v) is 11.1. The molecule has 7 heteroatoms. The van der Waals surface area contributed by atoms with E-state index in [0.29, 0.717) is 5.02 Å². The molecular weight excluding hydrogens is 390 g/mol. The molecular formula is C22H28ClN3O3. The van der Waals surface area contributed by atoms with Gasteiger partial charge < -0.3 is 15.0 Å². The van der Waals surface area contributed by atoms with E-state index in [1.807, 2.05) is 30.5 Å². The highest BCUT2D eigenvalue weighted by atomic mass is 35.5. The number of anilines is 1. The molecule has 0 bridgehead atoms. The van der Waals surface area contributed by atoms with Gasteiger partial charge in [-0.2, -0.15) is 9.78 Å². The highest BCUT2D eigenvalue weighted by Crippen LogP contribution is 2.46. The third-order valence-electron chi connectivity index (χ3n) is 6.40. The van der Waals surface area contributed by atoms with Crippen LogP contribution in [0.3, 0.4) is 0 Å². The van der Waals surface area contributed by atoms with Crippen LogP contribution in [0.5, 0.6) is 0 Å². The fraction of sp³-hybridized carbons (Fsp3) is 0.591. The minimum atomic E-state index is -0.540. The molecule has 0 radical (unpaired) electrons. The van der Waals surface area contributed by atoms with Crippen molar-refractivity contribution in [1.29, 1.82) is 0 Å². The number of aromatic nitrogens is 1. The maximum Gasteiger partial charge on any atom is 0.207 e. The van der Waals surface area contributed by atoms with Crippen molar-refractivity contribution in [3.8, 4) is 0 Å². The minimum absolute atomic E-state index is 0.479. The zero-order chi connectivity index (χ0) is 19.7. The van der Waals surface area contributed by atoms with Gasteiger partial charge >= 0.3 is 0 Å². The van der Waals surface area contributed by atoms with E-state index in [-0.39, 0.29) is 0 Å². The number of hydrogen-bond acceptors (Lipinski definition) is 6. The molecule has 2 spiro atoms. The van der Waals surface area contributed by atoms with E-state index in [4.69, 9.17) is 26.1 Å². The standard InChI is InChI=1S/C22H28ClN3O3/c23-17-4-5-18-19(6-11-24-20(18)16-17)25-12-15-26-13-9-22(10-14-26)27-21(28-29-22)7-2-1-3-8-21/h4-6,11,16H,1-3,7-10,12-15H2,(H,24,25). The van der Waals surface area contributed by atoms with Gasteiger partial charge in [0.05, 0.1) is 5.52 Å². The van der Waals surface area contributed by atoms with E-state index in [1.165, 1.54) is 6.42 Å². The van der Waals surface area contributed by atoms with Crippen LogP contribution in [0.25, 0.3) is 10.9 Å². The Hall–Kier alpha value is -1.44. The Bertz CT molecular complexity index is 864. The van der Waals surface area contributed by atoms with E-state index in [1.54, 1.807) is 0 Å². The van der Waals surface area contributed by atoms with Crippen LogP contribution in [0.1, 0.15) is 44.9 Å². The van der Waals surface area contributed by atoms with Crippen LogP contribution in [0, 0.1) is 0 Å². The Kier molecular flexibility index (Phi) is 5.39. The zero-order valence-electron chi connectivity index (χ0n) is 16.7. The van der Waals surface area contributed by atoms with Crippen LogP contribution < -0.4 is 5.32 Å². The van der Waals surface area contributed by atoms with Crippen molar-refractivity contribution in [2.45, 2.75) is 56.5 Å². The van der Waals surface area contributed by atoms with Crippen molar-refractivity contribution in [1.82, 2.24) is 9.88 Å². The summed E-state index contributed by atoms with van der Waals surface area (Å²) in [5, 5.41) is 5.35. The van der Waals surface area contributed by atoms with Gasteiger partial charge in [-0.05, 0) is 37.1 Å². The summed E-state index contributed by atoms with van der Waals surface area (Å²) in [5.41, 5.74) is 2.00. The monoisotopic (exact) mass is 417 g/mol. The van der Waals surface area contributed by atoms with E-state index in [0.717, 1.165) is 81.3 Å². The predicted molar refractivity (Wildman–Crippen MR) is 113 cm³/mol. The summed E-state index contributed by atoms with van der Waals surface area (Å²) in [4.78, 5) is 18.4. The molecule has 0 amide bonds. The largest absolute Gasteiger partial charge is 0.383 e. The molecule has 1 aromatic carbocycles. The van der Waals surface area contributed by atoms with Crippen molar-refractivity contribution >= 4 is 28.2 Å². The Labute approximate surface area is 176 Å². The SMILES string of the molecule is Clc1ccc2c(NCCN3CCC4(CC3)OOC3(CCCCC3)O4)ccnc2c1. The first kappa shape index (κ1) is 19.5. The average molecular weight is 418 g/mol. The molecule has 1 aromatic heterocycles. The van der Waals surface area contributed by atoms with Crippen molar-refractivity contribution < 1.29 is 14.5 Å². The van der Waals surface area contributed by atoms with Crippen LogP contribution in [0.2, 0.25) is 5.02 Å².